The lowest BCUT2D eigenvalue weighted by molar-refractivity contribution is -0.299. The molecule has 0 bridgehead atoms. The van der Waals surface area contributed by atoms with Crippen LogP contribution in [0.2, 0.25) is 0 Å². The Kier molecular flexibility index (Phi) is 8.95. The van der Waals surface area contributed by atoms with Crippen molar-refractivity contribution in [2.75, 3.05) is 13.2 Å². The number of rotatable bonds is 9. The summed E-state index contributed by atoms with van der Waals surface area (Å²) < 4.78 is 10.5. The van der Waals surface area contributed by atoms with Crippen LogP contribution in [0.3, 0.4) is 0 Å². The summed E-state index contributed by atoms with van der Waals surface area (Å²) >= 11 is 0. The van der Waals surface area contributed by atoms with Crippen LogP contribution < -0.4 is 5.32 Å². The van der Waals surface area contributed by atoms with Crippen molar-refractivity contribution >= 4 is 12.2 Å². The number of ether oxygens (including phenoxy) is 2. The first-order chi connectivity index (χ1) is 12.2. The van der Waals surface area contributed by atoms with Crippen molar-refractivity contribution in [2.24, 2.45) is 0 Å². The van der Waals surface area contributed by atoms with E-state index < -0.39 is 74.2 Å². The molecule has 0 saturated carbocycles. The van der Waals surface area contributed by atoms with Gasteiger partial charge < -0.3 is 55.3 Å². The van der Waals surface area contributed by atoms with Gasteiger partial charge in [-0.3, -0.25) is 4.79 Å². The highest BCUT2D eigenvalue weighted by Gasteiger charge is 2.47. The smallest absolute Gasteiger partial charge is 0.217 e. The quantitative estimate of drug-likeness (QED) is 0.176. The first kappa shape index (κ1) is 22.8. The molecule has 12 nitrogen and oxygen atoms in total. The molecule has 152 valence electrons. The van der Waals surface area contributed by atoms with Crippen LogP contribution >= 0.6 is 0 Å². The summed E-state index contributed by atoms with van der Waals surface area (Å²) in [5.74, 6) is -0.635. The van der Waals surface area contributed by atoms with Gasteiger partial charge in [0.05, 0.1) is 13.2 Å². The second kappa shape index (κ2) is 10.2. The molecule has 0 radical (unpaired) electrons. The molecule has 8 N–H and O–H groups in total. The zero-order chi connectivity index (χ0) is 20.0. The fourth-order valence-corrected chi connectivity index (χ4v) is 2.51. The maximum atomic E-state index is 11.3. The lowest BCUT2D eigenvalue weighted by atomic mass is 9.96. The van der Waals surface area contributed by atoms with Gasteiger partial charge in [0.15, 0.2) is 12.6 Å². The number of aliphatic hydroxyl groups is 7. The van der Waals surface area contributed by atoms with Gasteiger partial charge >= 0.3 is 0 Å². The Balaban J connectivity index is 3.09. The molecule has 12 heteroatoms. The summed E-state index contributed by atoms with van der Waals surface area (Å²) in [6.45, 7) is -0.530. The van der Waals surface area contributed by atoms with Crippen molar-refractivity contribution in [1.29, 1.82) is 0 Å². The first-order valence-electron chi connectivity index (χ1n) is 7.83. The van der Waals surface area contributed by atoms with Gasteiger partial charge in [-0.1, -0.05) is 0 Å². The van der Waals surface area contributed by atoms with E-state index in [4.69, 9.17) is 14.6 Å². The predicted octanol–water partition coefficient (Wildman–Crippen LogP) is -5.41. The lowest BCUT2D eigenvalue weighted by Crippen LogP contribution is -2.66. The Labute approximate surface area is 148 Å². The van der Waals surface area contributed by atoms with Gasteiger partial charge in [-0.05, 0) is 0 Å². The highest BCUT2D eigenvalue weighted by molar-refractivity contribution is 5.73. The molecule has 0 aromatic heterocycles. The molecular formula is C14H25NO11. The molecular weight excluding hydrogens is 358 g/mol. The number of carbonyl (C=O) groups excluding carboxylic acids is 2. The topological polar surface area (TPSA) is 206 Å². The average molecular weight is 383 g/mol. The van der Waals surface area contributed by atoms with Crippen molar-refractivity contribution in [1.82, 2.24) is 5.32 Å². The molecule has 1 aliphatic rings. The Morgan fingerprint density at radius 3 is 2.31 bits per heavy atom. The van der Waals surface area contributed by atoms with Crippen LogP contribution in [0.15, 0.2) is 0 Å². The van der Waals surface area contributed by atoms with Gasteiger partial charge in [-0.15, -0.1) is 0 Å². The molecule has 0 spiro atoms. The van der Waals surface area contributed by atoms with Crippen molar-refractivity contribution in [3.05, 3.63) is 0 Å². The van der Waals surface area contributed by atoms with Crippen molar-refractivity contribution in [3.8, 4) is 0 Å². The zero-order valence-corrected chi connectivity index (χ0v) is 14.0. The van der Waals surface area contributed by atoms with Crippen LogP contribution in [0.25, 0.3) is 0 Å². The summed E-state index contributed by atoms with van der Waals surface area (Å²) in [6.07, 6.45) is -13.6. The third kappa shape index (κ3) is 5.39. The minimum absolute atomic E-state index is 0.00299. The third-order valence-electron chi connectivity index (χ3n) is 3.94. The molecule has 0 aromatic carbocycles. The van der Waals surface area contributed by atoms with Crippen molar-refractivity contribution < 1.29 is 54.8 Å². The average Bonchev–Trinajstić information content (AvgIpc) is 2.62. The largest absolute Gasteiger partial charge is 0.394 e. The van der Waals surface area contributed by atoms with Crippen molar-refractivity contribution in [3.63, 3.8) is 0 Å². The van der Waals surface area contributed by atoms with E-state index >= 15 is 0 Å². The third-order valence-corrected chi connectivity index (χ3v) is 3.94. The fraction of sp³-hybridized carbons (Fsp3) is 0.857. The van der Waals surface area contributed by atoms with E-state index in [-0.39, 0.29) is 6.29 Å². The molecule has 9 atom stereocenters. The summed E-state index contributed by atoms with van der Waals surface area (Å²) in [5.41, 5.74) is 0. The lowest BCUT2D eigenvalue weighted by Gasteiger charge is -2.44. The Hall–Kier alpha value is -1.22. The summed E-state index contributed by atoms with van der Waals surface area (Å²) in [6, 6.07) is -1.38. The summed E-state index contributed by atoms with van der Waals surface area (Å²) in [5, 5.41) is 69.6. The molecule has 0 aliphatic carbocycles. The normalized spacial score (nSPS) is 33.8. The zero-order valence-electron chi connectivity index (χ0n) is 14.0. The molecule has 1 saturated heterocycles. The van der Waals surface area contributed by atoms with Crippen molar-refractivity contribution in [2.45, 2.75) is 62.0 Å². The maximum Gasteiger partial charge on any atom is 0.217 e. The second-order valence-electron chi connectivity index (χ2n) is 5.90. The van der Waals surface area contributed by atoms with Gasteiger partial charge in [-0.25, -0.2) is 0 Å². The number of hydrogen-bond acceptors (Lipinski definition) is 11. The van der Waals surface area contributed by atoms with Gasteiger partial charge in [-0.2, -0.15) is 0 Å². The van der Waals surface area contributed by atoms with Crippen LogP contribution in [0, 0.1) is 0 Å². The Bertz CT molecular complexity index is 464. The van der Waals surface area contributed by atoms with Gasteiger partial charge in [0, 0.05) is 6.92 Å². The van der Waals surface area contributed by atoms with E-state index in [0.717, 1.165) is 6.92 Å². The molecule has 1 aliphatic heterocycles. The van der Waals surface area contributed by atoms with Crippen LogP contribution in [0.5, 0.6) is 0 Å². The first-order valence-corrected chi connectivity index (χ1v) is 7.83. The van der Waals surface area contributed by atoms with E-state index in [1.807, 2.05) is 0 Å². The van der Waals surface area contributed by atoms with Gasteiger partial charge in [0.25, 0.3) is 0 Å². The molecule has 1 amide bonds. The van der Waals surface area contributed by atoms with Crippen LogP contribution in [0.4, 0.5) is 0 Å². The monoisotopic (exact) mass is 383 g/mol. The van der Waals surface area contributed by atoms with Gasteiger partial charge in [0.2, 0.25) is 5.91 Å². The molecule has 0 unspecified atom stereocenters. The number of aliphatic hydroxyl groups excluding tert-OH is 7. The number of nitrogens with one attached hydrogen (secondary N) is 1. The SMILES string of the molecule is CC(=O)N[C@H]1[C@@H](O[C@@H]([C@@H](O)[C@H](O)CO)[C@@H](O)C=O)O[C@H](CO)[C@H](O)[C@@H]1O. The van der Waals surface area contributed by atoms with E-state index in [2.05, 4.69) is 5.32 Å². The second-order valence-corrected chi connectivity index (χ2v) is 5.90. The summed E-state index contributed by atoms with van der Waals surface area (Å²) in [4.78, 5) is 22.2. The molecule has 26 heavy (non-hydrogen) atoms. The highest BCUT2D eigenvalue weighted by Crippen LogP contribution is 2.25. The van der Waals surface area contributed by atoms with E-state index in [9.17, 15) is 40.2 Å². The highest BCUT2D eigenvalue weighted by atomic mass is 16.7. The van der Waals surface area contributed by atoms with Crippen LogP contribution in [-0.4, -0.2) is 116 Å². The van der Waals surface area contributed by atoms with E-state index in [1.54, 1.807) is 0 Å². The summed E-state index contributed by atoms with van der Waals surface area (Å²) in [7, 11) is 0. The Morgan fingerprint density at radius 1 is 1.23 bits per heavy atom. The number of hydrogen-bond donors (Lipinski definition) is 8. The number of carbonyl (C=O) groups is 2. The van der Waals surface area contributed by atoms with E-state index in [0.29, 0.717) is 0 Å². The number of amides is 1. The predicted molar refractivity (Wildman–Crippen MR) is 81.4 cm³/mol. The van der Waals surface area contributed by atoms with Crippen LogP contribution in [-0.2, 0) is 19.1 Å². The van der Waals surface area contributed by atoms with E-state index in [1.165, 1.54) is 0 Å². The number of aldehydes is 1. The maximum absolute atomic E-state index is 11.3. The standard InChI is InChI=1S/C14H25NO11/c1-5(19)15-9-12(24)11(23)8(4-18)25-14(9)26-13(7(21)3-17)10(22)6(20)2-16/h3,6-14,16,18,20-24H,2,4H2,1H3,(H,15,19)/t6-,7+,8-,9-,10+,11+,12-,13-,14-/m1/s1. The molecule has 1 heterocycles. The van der Waals surface area contributed by atoms with Gasteiger partial charge in [0.1, 0.15) is 48.8 Å². The Morgan fingerprint density at radius 2 is 1.85 bits per heavy atom. The fourth-order valence-electron chi connectivity index (χ4n) is 2.51. The minimum atomic E-state index is -1.95. The molecule has 1 fully saturated rings. The minimum Gasteiger partial charge on any atom is -0.394 e. The molecule has 1 rings (SSSR count). The molecule has 0 aromatic rings. The van der Waals surface area contributed by atoms with Crippen LogP contribution in [0.1, 0.15) is 6.92 Å².